The monoisotopic (exact) mass is 390 g/mol. The summed E-state index contributed by atoms with van der Waals surface area (Å²) in [6.07, 6.45) is 8.44. The Bertz CT molecular complexity index is 529. The number of fused-ring (bicyclic) bond motifs is 2. The quantitative estimate of drug-likeness (QED) is 0.658. The maximum atomic E-state index is 2.93. The number of hydrogen-bond acceptors (Lipinski definition) is 4. The molecular weight excluding hydrogens is 344 g/mol. The molecule has 1 spiro atoms. The lowest BCUT2D eigenvalue weighted by atomic mass is 9.72. The Labute approximate surface area is 174 Å². The van der Waals surface area contributed by atoms with Crippen molar-refractivity contribution in [2.45, 2.75) is 122 Å². The van der Waals surface area contributed by atoms with E-state index < -0.39 is 0 Å². The predicted octanol–water partition coefficient (Wildman–Crippen LogP) is 3.66. The minimum Gasteiger partial charge on any atom is -0.298 e. The molecule has 1 saturated carbocycles. The fraction of sp³-hybridized carbons (Fsp3) is 1.00. The number of hydrogen-bond donors (Lipinski definition) is 0. The van der Waals surface area contributed by atoms with Gasteiger partial charge in [0, 0.05) is 74.5 Å². The highest BCUT2D eigenvalue weighted by molar-refractivity contribution is 5.05. The Morgan fingerprint density at radius 2 is 1.43 bits per heavy atom. The van der Waals surface area contributed by atoms with E-state index in [9.17, 15) is 0 Å². The van der Waals surface area contributed by atoms with Crippen LogP contribution in [-0.2, 0) is 0 Å². The summed E-state index contributed by atoms with van der Waals surface area (Å²) in [5, 5.41) is 0. The van der Waals surface area contributed by atoms with Crippen LogP contribution in [0.15, 0.2) is 0 Å². The zero-order chi connectivity index (χ0) is 20.1. The molecule has 2 unspecified atom stereocenters. The first kappa shape index (κ1) is 21.1. The number of likely N-dealkylation sites (tertiary alicyclic amines) is 2. The summed E-state index contributed by atoms with van der Waals surface area (Å²) in [5.74, 6) is 0. The normalized spacial score (nSPS) is 33.9. The fourth-order valence-corrected chi connectivity index (χ4v) is 6.89. The molecule has 0 aromatic carbocycles. The maximum absolute atomic E-state index is 2.93. The van der Waals surface area contributed by atoms with Gasteiger partial charge in [0.05, 0.1) is 0 Å². The van der Waals surface area contributed by atoms with Crippen molar-refractivity contribution in [2.75, 3.05) is 32.7 Å². The fourth-order valence-electron chi connectivity index (χ4n) is 6.89. The highest BCUT2D eigenvalue weighted by Crippen LogP contribution is 2.42. The molecule has 0 N–H and O–H groups in total. The van der Waals surface area contributed by atoms with Crippen molar-refractivity contribution in [2.24, 2.45) is 0 Å². The van der Waals surface area contributed by atoms with Gasteiger partial charge in [-0.25, -0.2) is 0 Å². The van der Waals surface area contributed by atoms with Crippen molar-refractivity contribution in [3.05, 3.63) is 0 Å². The van der Waals surface area contributed by atoms with Crippen molar-refractivity contribution in [3.63, 3.8) is 0 Å². The van der Waals surface area contributed by atoms with E-state index in [4.69, 9.17) is 0 Å². The van der Waals surface area contributed by atoms with Crippen molar-refractivity contribution < 1.29 is 0 Å². The third-order valence-electron chi connectivity index (χ3n) is 8.84. The van der Waals surface area contributed by atoms with Gasteiger partial charge in [0.15, 0.2) is 0 Å². The molecule has 4 atom stereocenters. The summed E-state index contributed by atoms with van der Waals surface area (Å²) in [4.78, 5) is 11.3. The lowest BCUT2D eigenvalue weighted by Gasteiger charge is -2.59. The second-order valence-corrected chi connectivity index (χ2v) is 11.1. The zero-order valence-electron chi connectivity index (χ0n) is 19.5. The lowest BCUT2D eigenvalue weighted by molar-refractivity contribution is -0.0834. The Morgan fingerprint density at radius 1 is 0.786 bits per heavy atom. The first-order chi connectivity index (χ1) is 13.3. The molecule has 3 heterocycles. The van der Waals surface area contributed by atoms with Crippen LogP contribution in [0.3, 0.4) is 0 Å². The van der Waals surface area contributed by atoms with E-state index in [2.05, 4.69) is 61.1 Å². The average molecular weight is 391 g/mol. The Hall–Kier alpha value is -0.160. The Morgan fingerprint density at radius 3 is 1.96 bits per heavy atom. The lowest BCUT2D eigenvalue weighted by Crippen LogP contribution is -2.68. The molecule has 3 saturated heterocycles. The van der Waals surface area contributed by atoms with E-state index in [-0.39, 0.29) is 0 Å². The molecule has 0 aromatic heterocycles. The molecule has 28 heavy (non-hydrogen) atoms. The molecule has 3 aliphatic heterocycles. The van der Waals surface area contributed by atoms with Crippen LogP contribution in [0.2, 0.25) is 0 Å². The van der Waals surface area contributed by atoms with Crippen LogP contribution < -0.4 is 0 Å². The van der Waals surface area contributed by atoms with Crippen LogP contribution in [0, 0.1) is 0 Å². The molecule has 4 aliphatic rings. The molecule has 0 amide bonds. The predicted molar refractivity (Wildman–Crippen MR) is 119 cm³/mol. The summed E-state index contributed by atoms with van der Waals surface area (Å²) in [6.45, 7) is 21.0. The van der Waals surface area contributed by atoms with Crippen LogP contribution in [-0.4, -0.2) is 94.1 Å². The second kappa shape index (κ2) is 8.17. The van der Waals surface area contributed by atoms with Gasteiger partial charge < -0.3 is 0 Å². The standard InChI is InChI=1S/C24H46N4/c1-18(2)25-12-13-28(24(17-25)10-7-11-24)21(6)9-8-20(5)27-16-22-14-23(27)15-26(22)19(3)4/h18-23H,7-17H2,1-6H3/t20?,21?,22-,23-/m0/s1. The first-order valence-electron chi connectivity index (χ1n) is 12.3. The molecule has 4 fully saturated rings. The van der Waals surface area contributed by atoms with Crippen molar-refractivity contribution in [3.8, 4) is 0 Å². The molecule has 0 aromatic rings. The topological polar surface area (TPSA) is 13.0 Å². The van der Waals surface area contributed by atoms with Gasteiger partial charge in [-0.1, -0.05) is 0 Å². The minimum absolute atomic E-state index is 0.510. The van der Waals surface area contributed by atoms with Gasteiger partial charge in [0.2, 0.25) is 0 Å². The largest absolute Gasteiger partial charge is 0.298 e. The SMILES string of the molecule is CC(C)N1CCN(C(C)CCC(C)N2C[C@@H]3C[C@H]2CN3C(C)C)C2(CCC2)C1. The van der Waals surface area contributed by atoms with E-state index in [0.717, 1.165) is 30.2 Å². The van der Waals surface area contributed by atoms with Crippen molar-refractivity contribution in [1.29, 1.82) is 0 Å². The Kier molecular flexibility index (Phi) is 6.15. The van der Waals surface area contributed by atoms with Crippen LogP contribution in [0.25, 0.3) is 0 Å². The third-order valence-corrected chi connectivity index (χ3v) is 8.84. The van der Waals surface area contributed by atoms with Gasteiger partial charge in [-0.2, -0.15) is 0 Å². The molecule has 4 nitrogen and oxygen atoms in total. The van der Waals surface area contributed by atoms with Gasteiger partial charge in [0.1, 0.15) is 0 Å². The summed E-state index contributed by atoms with van der Waals surface area (Å²) < 4.78 is 0. The van der Waals surface area contributed by atoms with Crippen molar-refractivity contribution >= 4 is 0 Å². The van der Waals surface area contributed by atoms with E-state index in [0.29, 0.717) is 11.6 Å². The van der Waals surface area contributed by atoms with Gasteiger partial charge in [0.25, 0.3) is 0 Å². The molecule has 0 radical (unpaired) electrons. The molecular formula is C24H46N4. The van der Waals surface area contributed by atoms with E-state index >= 15 is 0 Å². The van der Waals surface area contributed by atoms with E-state index in [1.165, 1.54) is 71.2 Å². The number of piperazine rings is 2. The van der Waals surface area contributed by atoms with Crippen LogP contribution in [0.1, 0.15) is 80.1 Å². The maximum Gasteiger partial charge on any atom is 0.0339 e. The number of nitrogens with zero attached hydrogens (tertiary/aromatic N) is 4. The average Bonchev–Trinajstić information content (AvgIpc) is 3.24. The van der Waals surface area contributed by atoms with E-state index in [1.54, 1.807) is 0 Å². The van der Waals surface area contributed by atoms with Crippen LogP contribution in [0.4, 0.5) is 0 Å². The summed E-state index contributed by atoms with van der Waals surface area (Å²) >= 11 is 0. The smallest absolute Gasteiger partial charge is 0.0339 e. The molecule has 1 aliphatic carbocycles. The summed E-state index contributed by atoms with van der Waals surface area (Å²) in [6, 6.07) is 4.56. The summed E-state index contributed by atoms with van der Waals surface area (Å²) in [7, 11) is 0. The molecule has 2 bridgehead atoms. The van der Waals surface area contributed by atoms with Crippen LogP contribution >= 0.6 is 0 Å². The van der Waals surface area contributed by atoms with Gasteiger partial charge in [-0.3, -0.25) is 19.6 Å². The first-order valence-corrected chi connectivity index (χ1v) is 12.3. The third kappa shape index (κ3) is 3.79. The zero-order valence-corrected chi connectivity index (χ0v) is 19.5. The highest BCUT2D eigenvalue weighted by atomic mass is 15.4. The van der Waals surface area contributed by atoms with Crippen LogP contribution in [0.5, 0.6) is 0 Å². The highest BCUT2D eigenvalue weighted by Gasteiger charge is 2.48. The van der Waals surface area contributed by atoms with Crippen molar-refractivity contribution in [1.82, 2.24) is 19.6 Å². The molecule has 4 rings (SSSR count). The van der Waals surface area contributed by atoms with Gasteiger partial charge >= 0.3 is 0 Å². The second-order valence-electron chi connectivity index (χ2n) is 11.1. The minimum atomic E-state index is 0.510. The molecule has 4 heteroatoms. The van der Waals surface area contributed by atoms with Gasteiger partial charge in [-0.05, 0) is 80.1 Å². The molecule has 162 valence electrons. The Balaban J connectivity index is 1.28. The number of rotatable bonds is 7. The van der Waals surface area contributed by atoms with Gasteiger partial charge in [-0.15, -0.1) is 0 Å². The van der Waals surface area contributed by atoms with E-state index in [1.807, 2.05) is 0 Å². The summed E-state index contributed by atoms with van der Waals surface area (Å²) in [5.41, 5.74) is 0.510.